The van der Waals surface area contributed by atoms with Gasteiger partial charge in [0.05, 0.1) is 12.0 Å². The van der Waals surface area contributed by atoms with Crippen molar-refractivity contribution < 1.29 is 30.3 Å². The number of amides is 1. The van der Waals surface area contributed by atoms with Crippen LogP contribution in [-0.2, 0) is 11.2 Å². The molecule has 82 valence electrons. The van der Waals surface area contributed by atoms with E-state index in [2.05, 4.69) is 0 Å². The molecule has 15 heavy (non-hydrogen) atoms. The molecule has 0 radical (unpaired) electrons. The number of primary amides is 1. The lowest BCUT2D eigenvalue weighted by Crippen LogP contribution is -2.13. The van der Waals surface area contributed by atoms with E-state index in [1.54, 1.807) is 0 Å². The van der Waals surface area contributed by atoms with Gasteiger partial charge in [-0.2, -0.15) is 0 Å². The van der Waals surface area contributed by atoms with Crippen LogP contribution in [0, 0.1) is 0 Å². The smallest absolute Gasteiger partial charge is 0.222 e. The molecule has 0 aliphatic carbocycles. The molecule has 0 aliphatic rings. The summed E-state index contributed by atoms with van der Waals surface area (Å²) >= 11 is 0. The highest BCUT2D eigenvalue weighted by Crippen LogP contribution is 2.50. The highest BCUT2D eigenvalue weighted by Gasteiger charge is 2.23. The van der Waals surface area contributed by atoms with Gasteiger partial charge in [-0.25, -0.2) is 0 Å². The number of carbonyl (C=O) groups is 1. The minimum Gasteiger partial charge on any atom is -0.504 e. The first kappa shape index (κ1) is 10.8. The Hall–Kier alpha value is -2.31. The van der Waals surface area contributed by atoms with Gasteiger partial charge in [0.1, 0.15) is 0 Å². The van der Waals surface area contributed by atoms with E-state index >= 15 is 0 Å². The zero-order chi connectivity index (χ0) is 11.7. The lowest BCUT2D eigenvalue weighted by atomic mass is 10.1. The molecular formula is C8H9NO6. The number of phenols is 5. The average molecular weight is 215 g/mol. The SMILES string of the molecule is NC(=O)Cc1c(O)c(O)c(O)c(O)c1O. The van der Waals surface area contributed by atoms with E-state index in [1.807, 2.05) is 0 Å². The molecular weight excluding hydrogens is 206 g/mol. The van der Waals surface area contributed by atoms with Crippen molar-refractivity contribution in [3.05, 3.63) is 5.56 Å². The molecule has 0 atom stereocenters. The summed E-state index contributed by atoms with van der Waals surface area (Å²) in [5.41, 5.74) is 4.36. The topological polar surface area (TPSA) is 144 Å². The Morgan fingerprint density at radius 1 is 0.867 bits per heavy atom. The van der Waals surface area contributed by atoms with Crippen LogP contribution in [0.3, 0.4) is 0 Å². The maximum Gasteiger partial charge on any atom is 0.222 e. The van der Waals surface area contributed by atoms with Crippen LogP contribution in [0.4, 0.5) is 0 Å². The number of aromatic hydroxyl groups is 5. The van der Waals surface area contributed by atoms with Crippen molar-refractivity contribution in [2.24, 2.45) is 5.73 Å². The molecule has 0 fully saturated rings. The molecule has 0 heterocycles. The second-order valence-corrected chi connectivity index (χ2v) is 2.86. The molecule has 0 spiro atoms. The van der Waals surface area contributed by atoms with Gasteiger partial charge < -0.3 is 31.3 Å². The van der Waals surface area contributed by atoms with Crippen LogP contribution in [0.25, 0.3) is 0 Å². The molecule has 0 saturated heterocycles. The number of benzene rings is 1. The van der Waals surface area contributed by atoms with E-state index in [9.17, 15) is 15.0 Å². The third-order valence-corrected chi connectivity index (χ3v) is 1.82. The zero-order valence-electron chi connectivity index (χ0n) is 7.43. The van der Waals surface area contributed by atoms with Gasteiger partial charge in [-0.05, 0) is 0 Å². The predicted octanol–water partition coefficient (Wildman–Crippen LogP) is -0.758. The Bertz CT molecular complexity index is 399. The molecule has 1 aromatic rings. The fourth-order valence-electron chi connectivity index (χ4n) is 1.08. The molecule has 7 N–H and O–H groups in total. The summed E-state index contributed by atoms with van der Waals surface area (Å²) in [6.45, 7) is 0. The molecule has 7 heteroatoms. The van der Waals surface area contributed by atoms with Crippen molar-refractivity contribution in [1.82, 2.24) is 0 Å². The number of nitrogens with two attached hydrogens (primary N) is 1. The summed E-state index contributed by atoms with van der Waals surface area (Å²) in [5, 5.41) is 45.6. The van der Waals surface area contributed by atoms with Gasteiger partial charge in [0.2, 0.25) is 23.2 Å². The number of phenolic OH excluding ortho intramolecular Hbond substituents is 5. The highest BCUT2D eigenvalue weighted by molar-refractivity contribution is 5.81. The number of hydrogen-bond acceptors (Lipinski definition) is 6. The third kappa shape index (κ3) is 1.66. The van der Waals surface area contributed by atoms with Gasteiger partial charge in [0.15, 0.2) is 11.5 Å². The van der Waals surface area contributed by atoms with Crippen LogP contribution >= 0.6 is 0 Å². The molecule has 0 bridgehead atoms. The summed E-state index contributed by atoms with van der Waals surface area (Å²) in [6, 6.07) is 0. The fraction of sp³-hybridized carbons (Fsp3) is 0.125. The summed E-state index contributed by atoms with van der Waals surface area (Å²) in [5.74, 6) is -5.81. The standard InChI is InChI=1S/C8H9NO6/c9-3(10)1-2-4(11)6(13)8(15)7(14)5(2)12/h11-15H,1H2,(H2,9,10). The number of carbonyl (C=O) groups excluding carboxylic acids is 1. The van der Waals surface area contributed by atoms with Crippen molar-refractivity contribution in [3.63, 3.8) is 0 Å². The lowest BCUT2D eigenvalue weighted by Gasteiger charge is -2.10. The van der Waals surface area contributed by atoms with Gasteiger partial charge in [-0.15, -0.1) is 0 Å². The predicted molar refractivity (Wildman–Crippen MR) is 47.7 cm³/mol. The van der Waals surface area contributed by atoms with E-state index in [-0.39, 0.29) is 0 Å². The Kier molecular flexibility index (Phi) is 2.47. The van der Waals surface area contributed by atoms with Crippen LogP contribution < -0.4 is 5.73 Å². The van der Waals surface area contributed by atoms with Crippen LogP contribution in [0.15, 0.2) is 0 Å². The average Bonchev–Trinajstić information content (AvgIpc) is 2.18. The van der Waals surface area contributed by atoms with Gasteiger partial charge in [-0.1, -0.05) is 0 Å². The maximum absolute atomic E-state index is 10.6. The van der Waals surface area contributed by atoms with Crippen LogP contribution in [0.2, 0.25) is 0 Å². The van der Waals surface area contributed by atoms with Gasteiger partial charge >= 0.3 is 0 Å². The van der Waals surface area contributed by atoms with Crippen molar-refractivity contribution in [2.45, 2.75) is 6.42 Å². The van der Waals surface area contributed by atoms with E-state index in [4.69, 9.17) is 21.1 Å². The summed E-state index contributed by atoms with van der Waals surface area (Å²) in [6.07, 6.45) is -0.584. The minimum atomic E-state index is -1.07. The summed E-state index contributed by atoms with van der Waals surface area (Å²) in [7, 11) is 0. The minimum absolute atomic E-state index is 0.449. The summed E-state index contributed by atoms with van der Waals surface area (Å²) in [4.78, 5) is 10.6. The second kappa shape index (κ2) is 3.45. The lowest BCUT2D eigenvalue weighted by molar-refractivity contribution is -0.117. The van der Waals surface area contributed by atoms with Crippen LogP contribution in [0.5, 0.6) is 28.7 Å². The molecule has 0 aromatic heterocycles. The highest BCUT2D eigenvalue weighted by atomic mass is 16.4. The van der Waals surface area contributed by atoms with Crippen LogP contribution in [-0.4, -0.2) is 31.4 Å². The molecule has 0 saturated carbocycles. The Balaban J connectivity index is 3.45. The van der Waals surface area contributed by atoms with E-state index in [1.165, 1.54) is 0 Å². The molecule has 1 amide bonds. The Morgan fingerprint density at radius 2 is 1.20 bits per heavy atom. The van der Waals surface area contributed by atoms with E-state index in [0.717, 1.165) is 0 Å². The quantitative estimate of drug-likeness (QED) is 0.282. The molecule has 7 nitrogen and oxygen atoms in total. The molecule has 1 aromatic carbocycles. The first-order chi connectivity index (χ1) is 6.86. The van der Waals surface area contributed by atoms with E-state index < -0.39 is 46.6 Å². The monoisotopic (exact) mass is 215 g/mol. The maximum atomic E-state index is 10.6. The van der Waals surface area contributed by atoms with Gasteiger partial charge in [0.25, 0.3) is 0 Å². The number of hydrogen-bond donors (Lipinski definition) is 6. The third-order valence-electron chi connectivity index (χ3n) is 1.82. The molecule has 0 aliphatic heterocycles. The number of rotatable bonds is 2. The zero-order valence-corrected chi connectivity index (χ0v) is 7.43. The van der Waals surface area contributed by atoms with Crippen molar-refractivity contribution in [3.8, 4) is 28.7 Å². The second-order valence-electron chi connectivity index (χ2n) is 2.86. The molecule has 0 unspecified atom stereocenters. The van der Waals surface area contributed by atoms with Crippen molar-refractivity contribution in [1.29, 1.82) is 0 Å². The van der Waals surface area contributed by atoms with Crippen LogP contribution in [0.1, 0.15) is 5.56 Å². The van der Waals surface area contributed by atoms with E-state index in [0.29, 0.717) is 0 Å². The Labute approximate surface area is 83.6 Å². The Morgan fingerprint density at radius 3 is 1.53 bits per heavy atom. The van der Waals surface area contributed by atoms with Crippen molar-refractivity contribution >= 4 is 5.91 Å². The van der Waals surface area contributed by atoms with Crippen molar-refractivity contribution in [2.75, 3.05) is 0 Å². The molecule has 1 rings (SSSR count). The normalized spacial score (nSPS) is 10.1. The largest absolute Gasteiger partial charge is 0.504 e. The first-order valence-electron chi connectivity index (χ1n) is 3.82. The fourth-order valence-corrected chi connectivity index (χ4v) is 1.08. The van der Waals surface area contributed by atoms with Gasteiger partial charge in [-0.3, -0.25) is 4.79 Å². The first-order valence-corrected chi connectivity index (χ1v) is 3.82. The summed E-state index contributed by atoms with van der Waals surface area (Å²) < 4.78 is 0. The van der Waals surface area contributed by atoms with Gasteiger partial charge in [0, 0.05) is 0 Å².